The minimum atomic E-state index is -0.574. The number of ether oxygens (including phenoxy) is 1. The van der Waals surface area contributed by atoms with Crippen molar-refractivity contribution in [1.82, 2.24) is 0 Å². The maximum Gasteiger partial charge on any atom is 0.0883 e. The number of aliphatic hydroxyl groups excluding tert-OH is 1. The number of rotatable bonds is 4. The van der Waals surface area contributed by atoms with Crippen molar-refractivity contribution in [3.63, 3.8) is 0 Å². The summed E-state index contributed by atoms with van der Waals surface area (Å²) in [6.07, 6.45) is 12.1. The van der Waals surface area contributed by atoms with Crippen LogP contribution in [0.25, 0.3) is 0 Å². The summed E-state index contributed by atoms with van der Waals surface area (Å²) in [5, 5.41) is 21.5. The molecule has 3 heteroatoms. The zero-order chi connectivity index (χ0) is 19.2. The van der Waals surface area contributed by atoms with Gasteiger partial charge in [-0.25, -0.2) is 0 Å². The lowest BCUT2D eigenvalue weighted by Gasteiger charge is -2.61. The van der Waals surface area contributed by atoms with Crippen LogP contribution in [0.15, 0.2) is 0 Å². The number of hydrogen-bond acceptors (Lipinski definition) is 3. The minimum absolute atomic E-state index is 0.158. The van der Waals surface area contributed by atoms with E-state index in [4.69, 9.17) is 4.74 Å². The third-order valence-electron chi connectivity index (χ3n) is 9.58. The first-order valence-electron chi connectivity index (χ1n) is 11.9. The van der Waals surface area contributed by atoms with Gasteiger partial charge in [-0.3, -0.25) is 0 Å². The Morgan fingerprint density at radius 1 is 1.00 bits per heavy atom. The zero-order valence-electron chi connectivity index (χ0n) is 17.8. The maximum atomic E-state index is 11.0. The summed E-state index contributed by atoms with van der Waals surface area (Å²) in [5.74, 6) is 4.57. The molecule has 4 aliphatic rings. The van der Waals surface area contributed by atoms with E-state index in [2.05, 4.69) is 6.92 Å². The van der Waals surface area contributed by atoms with Crippen LogP contribution in [0.4, 0.5) is 0 Å². The van der Waals surface area contributed by atoms with E-state index in [-0.39, 0.29) is 6.10 Å². The first kappa shape index (κ1) is 20.2. The first-order chi connectivity index (χ1) is 12.9. The zero-order valence-corrected chi connectivity index (χ0v) is 17.8. The van der Waals surface area contributed by atoms with Crippen LogP contribution in [0, 0.1) is 40.9 Å². The topological polar surface area (TPSA) is 49.7 Å². The molecule has 4 fully saturated rings. The molecule has 156 valence electrons. The highest BCUT2D eigenvalue weighted by Crippen LogP contribution is 2.63. The average molecular weight is 379 g/mol. The summed E-state index contributed by atoms with van der Waals surface area (Å²) >= 11 is 0. The Morgan fingerprint density at radius 3 is 2.52 bits per heavy atom. The summed E-state index contributed by atoms with van der Waals surface area (Å²) in [4.78, 5) is 0. The second-order valence-corrected chi connectivity index (χ2v) is 10.9. The molecule has 2 unspecified atom stereocenters. The van der Waals surface area contributed by atoms with Gasteiger partial charge in [-0.1, -0.05) is 13.3 Å². The van der Waals surface area contributed by atoms with E-state index in [1.807, 2.05) is 13.8 Å². The van der Waals surface area contributed by atoms with Crippen molar-refractivity contribution < 1.29 is 14.9 Å². The number of hydrogen-bond donors (Lipinski definition) is 2. The monoisotopic (exact) mass is 378 g/mol. The Labute approximate surface area is 166 Å². The van der Waals surface area contributed by atoms with E-state index in [9.17, 15) is 10.2 Å². The van der Waals surface area contributed by atoms with E-state index in [1.165, 1.54) is 51.4 Å². The molecule has 27 heavy (non-hydrogen) atoms. The van der Waals surface area contributed by atoms with Gasteiger partial charge in [0.15, 0.2) is 0 Å². The Bertz CT molecular complexity index is 520. The molecule has 0 radical (unpaired) electrons. The van der Waals surface area contributed by atoms with Crippen LogP contribution in [-0.4, -0.2) is 35.1 Å². The third kappa shape index (κ3) is 3.51. The van der Waals surface area contributed by atoms with Gasteiger partial charge in [0, 0.05) is 6.61 Å². The Hall–Kier alpha value is -0.120. The largest absolute Gasteiger partial charge is 0.393 e. The van der Waals surface area contributed by atoms with Gasteiger partial charge in [-0.05, 0) is 113 Å². The number of fused-ring (bicyclic) bond motifs is 5. The average Bonchev–Trinajstić information content (AvgIpc) is 2.64. The van der Waals surface area contributed by atoms with Crippen LogP contribution in [-0.2, 0) is 4.74 Å². The van der Waals surface area contributed by atoms with Gasteiger partial charge in [0.25, 0.3) is 0 Å². The fourth-order valence-electron chi connectivity index (χ4n) is 8.42. The lowest BCUT2D eigenvalue weighted by molar-refractivity contribution is -0.152. The van der Waals surface area contributed by atoms with Gasteiger partial charge in [-0.2, -0.15) is 0 Å². The van der Waals surface area contributed by atoms with Crippen molar-refractivity contribution >= 4 is 0 Å². The van der Waals surface area contributed by atoms with E-state index < -0.39 is 5.60 Å². The standard InChI is InChI=1S/C24H42O3/c1-4-27-15-24(26)13-11-18-17(14-24)8-9-20-19(18)10-12-23(3)21(16(2)25)6-5-7-22(20)23/h16-22,25-26H,4-15H2,1-3H3/t16?,17-,18-,19+,20+,21?,22-,23+,24+/m0/s1. The summed E-state index contributed by atoms with van der Waals surface area (Å²) < 4.78 is 5.61. The summed E-state index contributed by atoms with van der Waals surface area (Å²) in [6, 6.07) is 0. The van der Waals surface area contributed by atoms with E-state index in [1.54, 1.807) is 0 Å². The Morgan fingerprint density at radius 2 is 1.78 bits per heavy atom. The highest BCUT2D eigenvalue weighted by atomic mass is 16.5. The van der Waals surface area contributed by atoms with Crippen molar-refractivity contribution in [3.05, 3.63) is 0 Å². The molecule has 0 aromatic rings. The molecule has 0 bridgehead atoms. The number of aliphatic hydroxyl groups is 2. The van der Waals surface area contributed by atoms with Crippen molar-refractivity contribution in [2.45, 2.75) is 96.7 Å². The summed E-state index contributed by atoms with van der Waals surface area (Å²) in [7, 11) is 0. The molecule has 0 saturated heterocycles. The highest BCUT2D eigenvalue weighted by Gasteiger charge is 2.56. The summed E-state index contributed by atoms with van der Waals surface area (Å²) in [6.45, 7) is 7.78. The molecule has 4 aliphatic carbocycles. The Balaban J connectivity index is 1.48. The van der Waals surface area contributed by atoms with Gasteiger partial charge in [0.05, 0.1) is 18.3 Å². The van der Waals surface area contributed by atoms with Crippen LogP contribution in [0.5, 0.6) is 0 Å². The molecule has 9 atom stereocenters. The van der Waals surface area contributed by atoms with Gasteiger partial charge < -0.3 is 14.9 Å². The van der Waals surface area contributed by atoms with E-state index in [0.29, 0.717) is 30.5 Å². The summed E-state index contributed by atoms with van der Waals surface area (Å²) in [5.41, 5.74) is -0.222. The van der Waals surface area contributed by atoms with Crippen molar-refractivity contribution in [2.24, 2.45) is 40.9 Å². The lowest BCUT2D eigenvalue weighted by atomic mass is 9.44. The van der Waals surface area contributed by atoms with Gasteiger partial charge >= 0.3 is 0 Å². The Kier molecular flexibility index (Phi) is 5.68. The first-order valence-corrected chi connectivity index (χ1v) is 11.9. The molecule has 0 spiro atoms. The highest BCUT2D eigenvalue weighted by molar-refractivity contribution is 5.06. The molecule has 0 amide bonds. The predicted octanol–water partition coefficient (Wildman–Crippen LogP) is 4.79. The quantitative estimate of drug-likeness (QED) is 0.739. The molecular formula is C24H42O3. The lowest BCUT2D eigenvalue weighted by Crippen LogP contribution is -2.55. The minimum Gasteiger partial charge on any atom is -0.393 e. The smallest absolute Gasteiger partial charge is 0.0883 e. The molecule has 3 nitrogen and oxygen atoms in total. The maximum absolute atomic E-state index is 11.0. The van der Waals surface area contributed by atoms with E-state index in [0.717, 1.165) is 36.5 Å². The second kappa shape index (κ2) is 7.61. The van der Waals surface area contributed by atoms with Gasteiger partial charge in [-0.15, -0.1) is 0 Å². The van der Waals surface area contributed by atoms with Crippen molar-refractivity contribution in [3.8, 4) is 0 Å². The van der Waals surface area contributed by atoms with Crippen LogP contribution in [0.2, 0.25) is 0 Å². The molecule has 0 heterocycles. The molecule has 0 aliphatic heterocycles. The molecule has 2 N–H and O–H groups in total. The third-order valence-corrected chi connectivity index (χ3v) is 9.58. The van der Waals surface area contributed by atoms with E-state index >= 15 is 0 Å². The molecule has 4 rings (SSSR count). The second-order valence-electron chi connectivity index (χ2n) is 10.9. The normalized spacial score (nSPS) is 51.0. The van der Waals surface area contributed by atoms with Gasteiger partial charge in [0.1, 0.15) is 0 Å². The van der Waals surface area contributed by atoms with Crippen molar-refractivity contribution in [1.29, 1.82) is 0 Å². The molecule has 0 aromatic heterocycles. The molecule has 0 aromatic carbocycles. The van der Waals surface area contributed by atoms with Gasteiger partial charge in [0.2, 0.25) is 0 Å². The molecule has 4 saturated carbocycles. The van der Waals surface area contributed by atoms with Crippen LogP contribution >= 0.6 is 0 Å². The SMILES string of the molecule is CCOC[C@@]1(O)CC[C@H]2[C@@H](CC[C@@H]3[C@@H]2CC[C@]2(C)C(C(C)O)CCC[C@@H]32)C1. The van der Waals surface area contributed by atoms with Crippen molar-refractivity contribution in [2.75, 3.05) is 13.2 Å². The van der Waals surface area contributed by atoms with Crippen LogP contribution in [0.3, 0.4) is 0 Å². The van der Waals surface area contributed by atoms with Crippen LogP contribution in [0.1, 0.15) is 85.0 Å². The van der Waals surface area contributed by atoms with Crippen LogP contribution < -0.4 is 0 Å². The molecular weight excluding hydrogens is 336 g/mol. The predicted molar refractivity (Wildman–Crippen MR) is 108 cm³/mol. The fraction of sp³-hybridized carbons (Fsp3) is 1.00. The fourth-order valence-corrected chi connectivity index (χ4v) is 8.42.